The Labute approximate surface area is 62.4 Å². The van der Waals surface area contributed by atoms with E-state index in [9.17, 15) is 0 Å². The molecule has 2 aliphatic rings. The molecule has 0 amide bonds. The fraction of sp³-hybridized carbons (Fsp3) is 0.875. The average molecular weight is 139 g/mol. The predicted octanol–water partition coefficient (Wildman–Crippen LogP) is 1.00. The molecule has 1 aliphatic carbocycles. The summed E-state index contributed by atoms with van der Waals surface area (Å²) in [5, 5.41) is 0. The molecular weight excluding hydrogens is 124 g/mol. The second kappa shape index (κ2) is 2.51. The third-order valence-electron chi connectivity index (χ3n) is 2.68. The van der Waals surface area contributed by atoms with E-state index in [1.54, 1.807) is 0 Å². The summed E-state index contributed by atoms with van der Waals surface area (Å²) in [6.45, 7) is 1.15. The Hall–Kier alpha value is -0.0800. The van der Waals surface area contributed by atoms with Crippen molar-refractivity contribution in [2.24, 2.45) is 0 Å². The number of rotatable bonds is 0. The maximum absolute atomic E-state index is 3.39. The minimum Gasteiger partial charge on any atom is -0.257 e. The largest absolute Gasteiger partial charge is 0.257 e. The molecule has 2 rings (SSSR count). The lowest BCUT2D eigenvalue weighted by Gasteiger charge is -2.32. The van der Waals surface area contributed by atoms with Crippen LogP contribution in [0.3, 0.4) is 0 Å². The highest BCUT2D eigenvalue weighted by Gasteiger charge is 2.34. The second-order valence-corrected chi connectivity index (χ2v) is 3.47. The van der Waals surface area contributed by atoms with Gasteiger partial charge in [0.25, 0.3) is 0 Å². The van der Waals surface area contributed by atoms with Gasteiger partial charge in [0.05, 0.1) is 0 Å². The van der Waals surface area contributed by atoms with Crippen LogP contribution < -0.4 is 10.9 Å². The number of hydrogen-bond donors (Lipinski definition) is 2. The van der Waals surface area contributed by atoms with Crippen LogP contribution in [0.4, 0.5) is 0 Å². The number of nitrogens with one attached hydrogen (secondary N) is 2. The molecule has 1 heterocycles. The summed E-state index contributed by atoms with van der Waals surface area (Å²) in [5.74, 6) is 0. The molecule has 1 saturated carbocycles. The maximum Gasteiger partial charge on any atom is 0.0339 e. The topological polar surface area (TPSA) is 24.1 Å². The van der Waals surface area contributed by atoms with Gasteiger partial charge in [-0.3, -0.25) is 10.9 Å². The Morgan fingerprint density at radius 1 is 1.30 bits per heavy atom. The molecule has 1 saturated heterocycles. The first-order chi connectivity index (χ1) is 4.91. The van der Waals surface area contributed by atoms with E-state index in [2.05, 4.69) is 17.3 Å². The summed E-state index contributed by atoms with van der Waals surface area (Å²) < 4.78 is 0. The highest BCUT2D eigenvalue weighted by Crippen LogP contribution is 2.31. The van der Waals surface area contributed by atoms with Crippen LogP contribution in [0.5, 0.6) is 0 Å². The Balaban J connectivity index is 1.98. The Morgan fingerprint density at radius 2 is 2.30 bits per heavy atom. The van der Waals surface area contributed by atoms with Crippen molar-refractivity contribution < 1.29 is 0 Å². The smallest absolute Gasteiger partial charge is 0.0339 e. The fourth-order valence-corrected chi connectivity index (χ4v) is 2.02. The van der Waals surface area contributed by atoms with Crippen molar-refractivity contribution in [3.63, 3.8) is 0 Å². The van der Waals surface area contributed by atoms with Crippen LogP contribution in [0, 0.1) is 6.42 Å². The Bertz CT molecular complexity index is 108. The zero-order valence-electron chi connectivity index (χ0n) is 6.32. The molecule has 2 N–H and O–H groups in total. The molecule has 0 aromatic carbocycles. The predicted molar refractivity (Wildman–Crippen MR) is 41.3 cm³/mol. The highest BCUT2D eigenvalue weighted by atomic mass is 15.4. The molecule has 2 fully saturated rings. The molecule has 1 radical (unpaired) electrons. The zero-order valence-corrected chi connectivity index (χ0v) is 6.32. The number of hydrogen-bond acceptors (Lipinski definition) is 2. The molecule has 0 aromatic heterocycles. The van der Waals surface area contributed by atoms with Gasteiger partial charge in [-0.15, -0.1) is 0 Å². The molecule has 1 spiro atoms. The van der Waals surface area contributed by atoms with Gasteiger partial charge in [0.15, 0.2) is 0 Å². The standard InChI is InChI=1S/C8H15N2/c1-2-4-8(5-3-1)6-7-9-10-8/h2,9-10H,1,3-7H2. The summed E-state index contributed by atoms with van der Waals surface area (Å²) in [7, 11) is 0. The van der Waals surface area contributed by atoms with Crippen molar-refractivity contribution in [3.8, 4) is 0 Å². The van der Waals surface area contributed by atoms with Crippen LogP contribution >= 0.6 is 0 Å². The van der Waals surface area contributed by atoms with Crippen LogP contribution in [-0.2, 0) is 0 Å². The minimum atomic E-state index is 0.457. The van der Waals surface area contributed by atoms with E-state index in [4.69, 9.17) is 0 Å². The summed E-state index contributed by atoms with van der Waals surface area (Å²) >= 11 is 0. The van der Waals surface area contributed by atoms with Gasteiger partial charge >= 0.3 is 0 Å². The third kappa shape index (κ3) is 1.06. The van der Waals surface area contributed by atoms with Crippen LogP contribution in [0.1, 0.15) is 32.1 Å². The van der Waals surface area contributed by atoms with Crippen molar-refractivity contribution in [2.75, 3.05) is 6.54 Å². The Kier molecular flexibility index (Phi) is 1.66. The van der Waals surface area contributed by atoms with Gasteiger partial charge < -0.3 is 0 Å². The number of hydrazine groups is 1. The second-order valence-electron chi connectivity index (χ2n) is 3.47. The van der Waals surface area contributed by atoms with Gasteiger partial charge in [0.1, 0.15) is 0 Å². The van der Waals surface area contributed by atoms with E-state index in [0.29, 0.717) is 5.54 Å². The monoisotopic (exact) mass is 139 g/mol. The molecule has 57 valence electrons. The zero-order chi connectivity index (χ0) is 6.86. The highest BCUT2D eigenvalue weighted by molar-refractivity contribution is 4.98. The van der Waals surface area contributed by atoms with Crippen molar-refractivity contribution in [2.45, 2.75) is 37.6 Å². The van der Waals surface area contributed by atoms with Gasteiger partial charge in [0.2, 0.25) is 0 Å². The van der Waals surface area contributed by atoms with Crippen molar-refractivity contribution in [3.05, 3.63) is 6.42 Å². The molecule has 2 nitrogen and oxygen atoms in total. The molecule has 10 heavy (non-hydrogen) atoms. The van der Waals surface area contributed by atoms with Gasteiger partial charge in [0, 0.05) is 12.1 Å². The van der Waals surface area contributed by atoms with Gasteiger partial charge in [-0.1, -0.05) is 12.8 Å². The first-order valence-corrected chi connectivity index (χ1v) is 4.23. The van der Waals surface area contributed by atoms with Gasteiger partial charge in [-0.05, 0) is 25.7 Å². The molecule has 1 atom stereocenters. The van der Waals surface area contributed by atoms with E-state index >= 15 is 0 Å². The average Bonchev–Trinajstić information content (AvgIpc) is 2.39. The quantitative estimate of drug-likeness (QED) is 0.523. The van der Waals surface area contributed by atoms with Crippen molar-refractivity contribution in [1.29, 1.82) is 0 Å². The molecule has 0 aromatic rings. The lowest BCUT2D eigenvalue weighted by molar-refractivity contribution is 0.289. The minimum absolute atomic E-state index is 0.457. The molecule has 1 aliphatic heterocycles. The van der Waals surface area contributed by atoms with E-state index in [1.807, 2.05) is 0 Å². The molecule has 0 bridgehead atoms. The SMILES string of the molecule is [CH]1CCCC2(C1)CCNN2. The van der Waals surface area contributed by atoms with Gasteiger partial charge in [-0.2, -0.15) is 0 Å². The van der Waals surface area contributed by atoms with Crippen LogP contribution in [0.2, 0.25) is 0 Å². The van der Waals surface area contributed by atoms with Crippen LogP contribution in [0.25, 0.3) is 0 Å². The Morgan fingerprint density at radius 3 is 2.90 bits per heavy atom. The summed E-state index contributed by atoms with van der Waals surface area (Å²) in [4.78, 5) is 0. The lowest BCUT2D eigenvalue weighted by atomic mass is 9.81. The molecule has 1 unspecified atom stereocenters. The fourth-order valence-electron chi connectivity index (χ4n) is 2.02. The van der Waals surface area contributed by atoms with Crippen molar-refractivity contribution in [1.82, 2.24) is 10.9 Å². The first kappa shape index (κ1) is 6.62. The summed E-state index contributed by atoms with van der Waals surface area (Å²) in [5.41, 5.74) is 7.06. The lowest BCUT2D eigenvalue weighted by Crippen LogP contribution is -2.45. The molecule has 2 heteroatoms. The van der Waals surface area contributed by atoms with E-state index in [1.165, 1.54) is 32.1 Å². The summed E-state index contributed by atoms with van der Waals surface area (Å²) in [6.07, 6.45) is 9.04. The third-order valence-corrected chi connectivity index (χ3v) is 2.68. The van der Waals surface area contributed by atoms with E-state index in [0.717, 1.165) is 6.54 Å². The van der Waals surface area contributed by atoms with Crippen molar-refractivity contribution >= 4 is 0 Å². The summed E-state index contributed by atoms with van der Waals surface area (Å²) in [6, 6.07) is 0. The first-order valence-electron chi connectivity index (χ1n) is 4.23. The van der Waals surface area contributed by atoms with E-state index in [-0.39, 0.29) is 0 Å². The van der Waals surface area contributed by atoms with Gasteiger partial charge in [-0.25, -0.2) is 0 Å². The van der Waals surface area contributed by atoms with Crippen LogP contribution in [0.15, 0.2) is 0 Å². The van der Waals surface area contributed by atoms with E-state index < -0.39 is 0 Å². The van der Waals surface area contributed by atoms with Crippen LogP contribution in [-0.4, -0.2) is 12.1 Å². The molecular formula is C8H15N2. The normalized spacial score (nSPS) is 31.2. The maximum atomic E-state index is 3.39.